The van der Waals surface area contributed by atoms with E-state index in [-0.39, 0.29) is 12.1 Å². The third-order valence-electron chi connectivity index (χ3n) is 4.53. The predicted molar refractivity (Wildman–Crippen MR) is 93.6 cm³/mol. The van der Waals surface area contributed by atoms with Gasteiger partial charge < -0.3 is 14.5 Å². The number of esters is 1. The maximum absolute atomic E-state index is 12.5. The summed E-state index contributed by atoms with van der Waals surface area (Å²) in [6.07, 6.45) is 3.49. The van der Waals surface area contributed by atoms with E-state index >= 15 is 0 Å². The van der Waals surface area contributed by atoms with Crippen molar-refractivity contribution < 1.29 is 9.53 Å². The van der Waals surface area contributed by atoms with Gasteiger partial charge in [-0.3, -0.25) is 0 Å². The Morgan fingerprint density at radius 3 is 2.00 bits per heavy atom. The van der Waals surface area contributed by atoms with Crippen LogP contribution >= 0.6 is 0 Å². The largest absolute Gasteiger partial charge is 0.458 e. The summed E-state index contributed by atoms with van der Waals surface area (Å²) in [5, 5.41) is 0. The highest BCUT2D eigenvalue weighted by atomic mass is 16.5. The molecular weight excluding hydrogens is 288 g/mol. The van der Waals surface area contributed by atoms with E-state index < -0.39 is 0 Å². The molecule has 0 heterocycles. The number of carbonyl (C=O) groups is 1. The third-order valence-corrected chi connectivity index (χ3v) is 4.53. The smallest absolute Gasteiger partial charge is 0.338 e. The highest BCUT2D eigenvalue weighted by Gasteiger charge is 2.36. The molecule has 1 aliphatic rings. The summed E-state index contributed by atoms with van der Waals surface area (Å²) in [7, 11) is 8.36. The first-order valence-electron chi connectivity index (χ1n) is 8.53. The summed E-state index contributed by atoms with van der Waals surface area (Å²) >= 11 is 0. The van der Waals surface area contributed by atoms with Crippen LogP contribution in [0.15, 0.2) is 30.3 Å². The van der Waals surface area contributed by atoms with E-state index in [2.05, 4.69) is 38.0 Å². The fraction of sp³-hybridized carbons (Fsp3) is 0.632. The van der Waals surface area contributed by atoms with E-state index in [4.69, 9.17) is 4.74 Å². The molecule has 0 aromatic heterocycles. The molecule has 2 unspecified atom stereocenters. The van der Waals surface area contributed by atoms with Crippen LogP contribution in [-0.4, -0.2) is 63.2 Å². The summed E-state index contributed by atoms with van der Waals surface area (Å²) in [6, 6.07) is 9.33. The second-order valence-corrected chi connectivity index (χ2v) is 7.21. The molecule has 0 spiro atoms. The minimum atomic E-state index is -0.190. The minimum Gasteiger partial charge on any atom is -0.458 e. The number of hydrogen-bond acceptors (Lipinski definition) is 4. The lowest BCUT2D eigenvalue weighted by molar-refractivity contribution is -0.0344. The minimum absolute atomic E-state index is 0.00116. The summed E-state index contributed by atoms with van der Waals surface area (Å²) in [5.74, 6) is 0.637. The van der Waals surface area contributed by atoms with Crippen molar-refractivity contribution in [1.29, 1.82) is 0 Å². The van der Waals surface area contributed by atoms with Gasteiger partial charge in [0.25, 0.3) is 0 Å². The zero-order valence-corrected chi connectivity index (χ0v) is 14.9. The molecule has 128 valence electrons. The Hall–Kier alpha value is -1.39. The maximum atomic E-state index is 12.5. The van der Waals surface area contributed by atoms with Crippen LogP contribution in [0, 0.1) is 11.8 Å². The van der Waals surface area contributed by atoms with Gasteiger partial charge in [0.05, 0.1) is 5.56 Å². The Labute approximate surface area is 140 Å². The lowest BCUT2D eigenvalue weighted by Crippen LogP contribution is -2.45. The van der Waals surface area contributed by atoms with Gasteiger partial charge in [0.1, 0.15) is 6.10 Å². The second-order valence-electron chi connectivity index (χ2n) is 7.21. The Kier molecular flexibility index (Phi) is 6.60. The first-order chi connectivity index (χ1) is 11.0. The fourth-order valence-electron chi connectivity index (χ4n) is 3.64. The summed E-state index contributed by atoms with van der Waals surface area (Å²) in [4.78, 5) is 16.9. The first-order valence-corrected chi connectivity index (χ1v) is 8.53. The molecule has 1 saturated carbocycles. The van der Waals surface area contributed by atoms with Crippen molar-refractivity contribution in [3.63, 3.8) is 0 Å². The Balaban J connectivity index is 2.13. The molecule has 1 aromatic rings. The summed E-state index contributed by atoms with van der Waals surface area (Å²) in [5.41, 5.74) is 0.644. The lowest BCUT2D eigenvalue weighted by atomic mass is 9.78. The molecule has 0 radical (unpaired) electrons. The zero-order chi connectivity index (χ0) is 16.8. The van der Waals surface area contributed by atoms with Crippen LogP contribution < -0.4 is 0 Å². The molecule has 2 rings (SSSR count). The molecule has 1 aliphatic carbocycles. The van der Waals surface area contributed by atoms with E-state index in [9.17, 15) is 4.79 Å². The standard InChI is InChI=1S/C19H30N2O2/c1-20(2)13-16-11-8-12-17(14-21(3)4)18(16)23-19(22)15-9-6-5-7-10-15/h5-7,9-10,16-18H,8,11-14H2,1-4H3. The number of hydrogen-bond donors (Lipinski definition) is 0. The van der Waals surface area contributed by atoms with Crippen LogP contribution in [0.4, 0.5) is 0 Å². The van der Waals surface area contributed by atoms with Crippen LogP contribution in [0.1, 0.15) is 29.6 Å². The molecule has 0 saturated heterocycles. The average molecular weight is 318 g/mol. The molecule has 2 atom stereocenters. The topological polar surface area (TPSA) is 32.8 Å². The zero-order valence-electron chi connectivity index (χ0n) is 14.9. The quantitative estimate of drug-likeness (QED) is 0.755. The van der Waals surface area contributed by atoms with Gasteiger partial charge in [-0.05, 0) is 53.2 Å². The molecule has 1 fully saturated rings. The molecule has 1 aromatic carbocycles. The van der Waals surface area contributed by atoms with Gasteiger partial charge >= 0.3 is 5.97 Å². The molecule has 0 aliphatic heterocycles. The SMILES string of the molecule is CN(C)CC1CCCC(CN(C)C)C1OC(=O)c1ccccc1. The molecular formula is C19H30N2O2. The van der Waals surface area contributed by atoms with E-state index in [0.29, 0.717) is 17.4 Å². The van der Waals surface area contributed by atoms with Crippen molar-refractivity contribution in [3.05, 3.63) is 35.9 Å². The van der Waals surface area contributed by atoms with Crippen molar-refractivity contribution in [1.82, 2.24) is 9.80 Å². The van der Waals surface area contributed by atoms with Crippen molar-refractivity contribution in [2.24, 2.45) is 11.8 Å². The number of rotatable bonds is 6. The van der Waals surface area contributed by atoms with Crippen molar-refractivity contribution in [2.75, 3.05) is 41.3 Å². The van der Waals surface area contributed by atoms with E-state index in [0.717, 1.165) is 25.9 Å². The Morgan fingerprint density at radius 1 is 1.00 bits per heavy atom. The van der Waals surface area contributed by atoms with Crippen LogP contribution in [-0.2, 0) is 4.74 Å². The highest BCUT2D eigenvalue weighted by Crippen LogP contribution is 2.33. The second kappa shape index (κ2) is 8.46. The van der Waals surface area contributed by atoms with Crippen LogP contribution in [0.2, 0.25) is 0 Å². The third kappa shape index (κ3) is 5.33. The molecule has 4 nitrogen and oxygen atoms in total. The average Bonchev–Trinajstić information content (AvgIpc) is 2.50. The van der Waals surface area contributed by atoms with Gasteiger partial charge in [-0.2, -0.15) is 0 Å². The van der Waals surface area contributed by atoms with E-state index in [1.165, 1.54) is 6.42 Å². The van der Waals surface area contributed by atoms with Crippen LogP contribution in [0.25, 0.3) is 0 Å². The van der Waals surface area contributed by atoms with E-state index in [1.54, 1.807) is 0 Å². The monoisotopic (exact) mass is 318 g/mol. The van der Waals surface area contributed by atoms with Crippen molar-refractivity contribution >= 4 is 5.97 Å². The number of benzene rings is 1. The Bertz CT molecular complexity index is 469. The summed E-state index contributed by atoms with van der Waals surface area (Å²) in [6.45, 7) is 1.94. The normalized spacial score (nSPS) is 24.9. The van der Waals surface area contributed by atoms with Crippen LogP contribution in [0.3, 0.4) is 0 Å². The predicted octanol–water partition coefficient (Wildman–Crippen LogP) is 2.75. The number of carbonyl (C=O) groups excluding carboxylic acids is 1. The molecule has 0 bridgehead atoms. The molecule has 0 N–H and O–H groups in total. The van der Waals surface area contributed by atoms with Crippen LogP contribution in [0.5, 0.6) is 0 Å². The molecule has 0 amide bonds. The van der Waals surface area contributed by atoms with Crippen molar-refractivity contribution in [3.8, 4) is 0 Å². The fourth-order valence-corrected chi connectivity index (χ4v) is 3.64. The van der Waals surface area contributed by atoms with Gasteiger partial charge in [0, 0.05) is 24.9 Å². The number of nitrogens with zero attached hydrogens (tertiary/aromatic N) is 2. The highest BCUT2D eigenvalue weighted by molar-refractivity contribution is 5.89. The van der Waals surface area contributed by atoms with Gasteiger partial charge in [-0.15, -0.1) is 0 Å². The number of ether oxygens (including phenoxy) is 1. The van der Waals surface area contributed by atoms with Gasteiger partial charge in [0.2, 0.25) is 0 Å². The first kappa shape index (κ1) is 18.0. The van der Waals surface area contributed by atoms with Gasteiger partial charge in [-0.1, -0.05) is 24.6 Å². The van der Waals surface area contributed by atoms with Gasteiger partial charge in [-0.25, -0.2) is 4.79 Å². The maximum Gasteiger partial charge on any atom is 0.338 e. The molecule has 23 heavy (non-hydrogen) atoms. The van der Waals surface area contributed by atoms with Crippen molar-refractivity contribution in [2.45, 2.75) is 25.4 Å². The van der Waals surface area contributed by atoms with Gasteiger partial charge in [0.15, 0.2) is 0 Å². The summed E-state index contributed by atoms with van der Waals surface area (Å²) < 4.78 is 6.01. The Morgan fingerprint density at radius 2 is 1.52 bits per heavy atom. The van der Waals surface area contributed by atoms with E-state index in [1.807, 2.05) is 30.3 Å². The molecule has 4 heteroatoms. The lowest BCUT2D eigenvalue weighted by Gasteiger charge is -2.39.